The number of amides is 2. The molecule has 32 heavy (non-hydrogen) atoms. The molecule has 10 heteroatoms. The number of anilines is 2. The normalized spacial score (nSPS) is 19.2. The number of aryl methyl sites for hydroxylation is 1. The Morgan fingerprint density at radius 1 is 1.22 bits per heavy atom. The molecule has 2 N–H and O–H groups in total. The van der Waals surface area contributed by atoms with E-state index in [9.17, 15) is 4.79 Å². The lowest BCUT2D eigenvalue weighted by atomic mass is 10.2. The van der Waals surface area contributed by atoms with Crippen LogP contribution in [0.4, 0.5) is 16.7 Å². The molecular formula is C22H25ClN8O. The maximum absolute atomic E-state index is 12.4. The van der Waals surface area contributed by atoms with E-state index in [0.29, 0.717) is 36.7 Å². The number of urea groups is 1. The zero-order chi connectivity index (χ0) is 22.2. The minimum Gasteiger partial charge on any atom is -0.346 e. The van der Waals surface area contributed by atoms with Crippen molar-refractivity contribution < 1.29 is 4.79 Å². The third-order valence-corrected chi connectivity index (χ3v) is 6.10. The molecule has 2 aliphatic rings. The molecule has 1 saturated carbocycles. The summed E-state index contributed by atoms with van der Waals surface area (Å²) in [4.78, 5) is 32.1. The van der Waals surface area contributed by atoms with Crippen LogP contribution in [0.3, 0.4) is 0 Å². The quantitative estimate of drug-likeness (QED) is 0.568. The van der Waals surface area contributed by atoms with Crippen LogP contribution in [0.1, 0.15) is 42.9 Å². The first-order valence-electron chi connectivity index (χ1n) is 10.8. The molecule has 2 aromatic heterocycles. The minimum atomic E-state index is -0.146. The van der Waals surface area contributed by atoms with Crippen molar-refractivity contribution in [3.63, 3.8) is 0 Å². The van der Waals surface area contributed by atoms with Gasteiger partial charge in [-0.1, -0.05) is 23.7 Å². The molecule has 5 rings (SSSR count). The molecule has 3 aromatic rings. The van der Waals surface area contributed by atoms with Gasteiger partial charge in [-0.3, -0.25) is 4.90 Å². The molecule has 1 aromatic carbocycles. The van der Waals surface area contributed by atoms with Crippen LogP contribution in [0.15, 0.2) is 36.8 Å². The highest BCUT2D eigenvalue weighted by atomic mass is 35.5. The van der Waals surface area contributed by atoms with Gasteiger partial charge in [-0.15, -0.1) is 0 Å². The Balaban J connectivity index is 1.30. The maximum Gasteiger partial charge on any atom is 0.324 e. The van der Waals surface area contributed by atoms with Crippen LogP contribution in [0.2, 0.25) is 5.02 Å². The van der Waals surface area contributed by atoms with E-state index in [1.54, 1.807) is 11.2 Å². The van der Waals surface area contributed by atoms with E-state index in [2.05, 4.69) is 30.6 Å². The summed E-state index contributed by atoms with van der Waals surface area (Å²) in [5, 5.41) is 6.95. The Hall–Kier alpha value is -3.20. The number of benzene rings is 1. The van der Waals surface area contributed by atoms with E-state index in [1.165, 1.54) is 0 Å². The average Bonchev–Trinajstić information content (AvgIpc) is 3.37. The molecule has 3 heterocycles. The van der Waals surface area contributed by atoms with E-state index in [4.69, 9.17) is 11.6 Å². The fourth-order valence-electron chi connectivity index (χ4n) is 4.01. The average molecular weight is 453 g/mol. The topological polar surface area (TPSA) is 101 Å². The summed E-state index contributed by atoms with van der Waals surface area (Å²) in [6.07, 6.45) is 6.08. The first kappa shape index (κ1) is 20.7. The summed E-state index contributed by atoms with van der Waals surface area (Å²) in [5.41, 5.74) is 2.01. The lowest BCUT2D eigenvalue weighted by molar-refractivity contribution is 0.251. The van der Waals surface area contributed by atoms with E-state index >= 15 is 0 Å². The molecule has 2 amide bonds. The Bertz CT molecular complexity index is 1130. The second kappa shape index (κ2) is 8.38. The number of nitrogens with one attached hydrogen (secondary N) is 2. The van der Waals surface area contributed by atoms with Crippen LogP contribution in [0, 0.1) is 12.8 Å². The van der Waals surface area contributed by atoms with Crippen molar-refractivity contribution in [3.05, 3.63) is 58.9 Å². The molecule has 0 bridgehead atoms. The predicted molar refractivity (Wildman–Crippen MR) is 122 cm³/mol. The number of hydrogen-bond donors (Lipinski definition) is 2. The van der Waals surface area contributed by atoms with Crippen LogP contribution in [0.5, 0.6) is 0 Å². The first-order valence-corrected chi connectivity index (χ1v) is 11.2. The van der Waals surface area contributed by atoms with Crippen molar-refractivity contribution in [2.45, 2.75) is 45.3 Å². The number of rotatable bonds is 7. The van der Waals surface area contributed by atoms with Gasteiger partial charge in [-0.2, -0.15) is 15.0 Å². The standard InChI is InChI=1S/C22H25ClN8O/c1-13(18-11-30(12-25-18)10-15-3-7-17(23)8-4-15)26-20-27-14(2)28-21(29-20)31-19(16-5-6-16)9-24-22(31)32/h3-4,7-8,11-13,16,19H,5-6,9-10H2,1-2H3,(H,24,32)(H,26,27,28,29)/t13-,19+/m0/s1. The summed E-state index contributed by atoms with van der Waals surface area (Å²) < 4.78 is 2.02. The lowest BCUT2D eigenvalue weighted by Gasteiger charge is -2.21. The molecule has 9 nitrogen and oxygen atoms in total. The van der Waals surface area contributed by atoms with Crippen molar-refractivity contribution >= 4 is 29.5 Å². The van der Waals surface area contributed by atoms with Gasteiger partial charge < -0.3 is 15.2 Å². The number of hydrogen-bond acceptors (Lipinski definition) is 6. The number of nitrogens with zero attached hydrogens (tertiary/aromatic N) is 6. The monoisotopic (exact) mass is 452 g/mol. The molecule has 0 unspecified atom stereocenters. The van der Waals surface area contributed by atoms with Gasteiger partial charge in [-0.25, -0.2) is 9.78 Å². The molecule has 1 aliphatic carbocycles. The summed E-state index contributed by atoms with van der Waals surface area (Å²) in [5.74, 6) is 1.91. The minimum absolute atomic E-state index is 0.109. The summed E-state index contributed by atoms with van der Waals surface area (Å²) in [7, 11) is 0. The van der Waals surface area contributed by atoms with E-state index < -0.39 is 0 Å². The zero-order valence-corrected chi connectivity index (χ0v) is 18.8. The Morgan fingerprint density at radius 3 is 2.75 bits per heavy atom. The smallest absolute Gasteiger partial charge is 0.324 e. The first-order chi connectivity index (χ1) is 15.5. The fraction of sp³-hybridized carbons (Fsp3) is 0.409. The van der Waals surface area contributed by atoms with Gasteiger partial charge in [0.25, 0.3) is 0 Å². The zero-order valence-electron chi connectivity index (χ0n) is 18.0. The van der Waals surface area contributed by atoms with Crippen LogP contribution >= 0.6 is 11.6 Å². The summed E-state index contributed by atoms with van der Waals surface area (Å²) in [6.45, 7) is 5.16. The number of carbonyl (C=O) groups is 1. The highest BCUT2D eigenvalue weighted by molar-refractivity contribution is 6.30. The molecule has 0 radical (unpaired) electrons. The Morgan fingerprint density at radius 2 is 2.00 bits per heavy atom. The SMILES string of the molecule is Cc1nc(N[C@@H](C)c2cn(Cc3ccc(Cl)cc3)cn2)nc(N2C(=O)NC[C@@H]2C2CC2)n1. The number of imidazole rings is 1. The molecule has 2 atom stereocenters. The van der Waals surface area contributed by atoms with Gasteiger partial charge in [0.15, 0.2) is 0 Å². The number of carbonyl (C=O) groups excluding carboxylic acids is 1. The van der Waals surface area contributed by atoms with Gasteiger partial charge in [0.1, 0.15) is 5.82 Å². The molecular weight excluding hydrogens is 428 g/mol. The summed E-state index contributed by atoms with van der Waals surface area (Å²) in [6, 6.07) is 7.61. The molecule has 1 aliphatic heterocycles. The lowest BCUT2D eigenvalue weighted by Crippen LogP contribution is -2.37. The second-order valence-electron chi connectivity index (χ2n) is 8.43. The van der Waals surface area contributed by atoms with Gasteiger partial charge in [0, 0.05) is 24.3 Å². The van der Waals surface area contributed by atoms with Gasteiger partial charge in [0.05, 0.1) is 24.1 Å². The van der Waals surface area contributed by atoms with Crippen LogP contribution in [-0.2, 0) is 6.54 Å². The van der Waals surface area contributed by atoms with Crippen molar-refractivity contribution in [1.29, 1.82) is 0 Å². The van der Waals surface area contributed by atoms with Crippen molar-refractivity contribution in [2.75, 3.05) is 16.8 Å². The fourth-order valence-corrected chi connectivity index (χ4v) is 4.14. The predicted octanol–water partition coefficient (Wildman–Crippen LogP) is 3.56. The van der Waals surface area contributed by atoms with Crippen molar-refractivity contribution in [3.8, 4) is 0 Å². The largest absolute Gasteiger partial charge is 0.346 e. The van der Waals surface area contributed by atoms with Crippen LogP contribution in [-0.4, -0.2) is 43.1 Å². The third kappa shape index (κ3) is 4.38. The van der Waals surface area contributed by atoms with E-state index in [0.717, 1.165) is 29.1 Å². The molecule has 166 valence electrons. The Kier molecular flexibility index (Phi) is 5.42. The van der Waals surface area contributed by atoms with E-state index in [-0.39, 0.29) is 18.1 Å². The van der Waals surface area contributed by atoms with Gasteiger partial charge in [-0.05, 0) is 50.3 Å². The molecule has 2 fully saturated rings. The highest BCUT2D eigenvalue weighted by Gasteiger charge is 2.43. The van der Waals surface area contributed by atoms with Gasteiger partial charge >= 0.3 is 6.03 Å². The Labute approximate surface area is 191 Å². The summed E-state index contributed by atoms with van der Waals surface area (Å²) >= 11 is 5.97. The van der Waals surface area contributed by atoms with Crippen LogP contribution in [0.25, 0.3) is 0 Å². The van der Waals surface area contributed by atoms with Crippen LogP contribution < -0.4 is 15.5 Å². The highest BCUT2D eigenvalue weighted by Crippen LogP contribution is 2.38. The molecule has 0 spiro atoms. The van der Waals surface area contributed by atoms with Gasteiger partial charge in [0.2, 0.25) is 11.9 Å². The van der Waals surface area contributed by atoms with Crippen molar-refractivity contribution in [2.24, 2.45) is 5.92 Å². The number of halogens is 1. The van der Waals surface area contributed by atoms with Crippen molar-refractivity contribution in [1.82, 2.24) is 29.8 Å². The molecule has 1 saturated heterocycles. The second-order valence-corrected chi connectivity index (χ2v) is 8.87. The maximum atomic E-state index is 12.4. The number of aromatic nitrogens is 5. The van der Waals surface area contributed by atoms with E-state index in [1.807, 2.05) is 48.9 Å². The third-order valence-electron chi connectivity index (χ3n) is 5.85.